The third-order valence-corrected chi connectivity index (χ3v) is 5.63. The number of thiazole rings is 1. The van der Waals surface area contributed by atoms with Crippen molar-refractivity contribution in [3.63, 3.8) is 0 Å². The van der Waals surface area contributed by atoms with Crippen LogP contribution in [0.15, 0.2) is 18.2 Å². The first kappa shape index (κ1) is 20.5. The van der Waals surface area contributed by atoms with Crippen LogP contribution in [-0.2, 0) is 0 Å². The number of amides is 1. The molecule has 0 radical (unpaired) electrons. The van der Waals surface area contributed by atoms with Crippen LogP contribution in [0.25, 0.3) is 10.2 Å². The Morgan fingerprint density at radius 1 is 1.31 bits per heavy atom. The predicted molar refractivity (Wildman–Crippen MR) is 109 cm³/mol. The lowest BCUT2D eigenvalue weighted by molar-refractivity contribution is 0.0491. The molecular weight excluding hydrogens is 348 g/mol. The Kier molecular flexibility index (Phi) is 6.47. The molecule has 1 aromatic carbocycles. The van der Waals surface area contributed by atoms with Crippen molar-refractivity contribution in [2.45, 2.75) is 71.0 Å². The molecule has 1 aliphatic carbocycles. The Hall–Kier alpha value is -1.86. The van der Waals surface area contributed by atoms with Gasteiger partial charge in [-0.05, 0) is 52.7 Å². The van der Waals surface area contributed by atoms with Gasteiger partial charge in [0.15, 0.2) is 0 Å². The van der Waals surface area contributed by atoms with Crippen LogP contribution in [0.5, 0.6) is 0 Å². The number of benzene rings is 1. The molecule has 7 heteroatoms. The van der Waals surface area contributed by atoms with Crippen LogP contribution in [0.2, 0.25) is 0 Å². The molecule has 2 aromatic rings. The number of carbonyl (C=O) groups is 1. The molecule has 1 amide bonds. The Morgan fingerprint density at radius 3 is 2.50 bits per heavy atom. The Balaban J connectivity index is 0.000000195. The van der Waals surface area contributed by atoms with Gasteiger partial charge in [-0.1, -0.05) is 18.9 Å². The van der Waals surface area contributed by atoms with Crippen molar-refractivity contribution in [2.24, 2.45) is 5.73 Å². The van der Waals surface area contributed by atoms with Gasteiger partial charge in [0, 0.05) is 11.6 Å². The average molecular weight is 379 g/mol. The van der Waals surface area contributed by atoms with E-state index in [9.17, 15) is 9.90 Å². The minimum atomic E-state index is -0.857. The molecule has 26 heavy (non-hydrogen) atoms. The van der Waals surface area contributed by atoms with E-state index in [1.165, 1.54) is 4.90 Å². The van der Waals surface area contributed by atoms with Gasteiger partial charge in [0.1, 0.15) is 0 Å². The van der Waals surface area contributed by atoms with Gasteiger partial charge in [-0.25, -0.2) is 9.78 Å². The maximum absolute atomic E-state index is 11.3. The molecular formula is C19H30N4O2S. The fourth-order valence-corrected chi connectivity index (χ4v) is 4.31. The largest absolute Gasteiger partial charge is 0.465 e. The van der Waals surface area contributed by atoms with E-state index in [2.05, 4.69) is 4.98 Å². The average Bonchev–Trinajstić information content (AvgIpc) is 2.90. The van der Waals surface area contributed by atoms with Crippen LogP contribution in [0, 0.1) is 6.92 Å². The number of rotatable bonds is 1. The van der Waals surface area contributed by atoms with E-state index in [0.717, 1.165) is 46.6 Å². The number of hydrogen-bond acceptors (Lipinski definition) is 5. The van der Waals surface area contributed by atoms with Crippen LogP contribution in [0.4, 0.5) is 10.5 Å². The number of carboxylic acid groups (broad SMARTS) is 1. The Morgan fingerprint density at radius 2 is 1.96 bits per heavy atom. The second-order valence-corrected chi connectivity index (χ2v) is 8.97. The van der Waals surface area contributed by atoms with Gasteiger partial charge >= 0.3 is 6.09 Å². The predicted octanol–water partition coefficient (Wildman–Crippen LogP) is 4.22. The summed E-state index contributed by atoms with van der Waals surface area (Å²) in [4.78, 5) is 17.1. The molecule has 1 aromatic heterocycles. The summed E-state index contributed by atoms with van der Waals surface area (Å²) in [6.45, 7) is 7.75. The highest BCUT2D eigenvalue weighted by Gasteiger charge is 2.37. The number of nitrogens with zero attached hydrogens (tertiary/aromatic N) is 2. The molecule has 0 saturated heterocycles. The topological polar surface area (TPSA) is 105 Å². The van der Waals surface area contributed by atoms with Crippen molar-refractivity contribution >= 4 is 33.3 Å². The van der Waals surface area contributed by atoms with Crippen molar-refractivity contribution in [1.82, 2.24) is 9.88 Å². The maximum atomic E-state index is 11.3. The van der Waals surface area contributed by atoms with E-state index < -0.39 is 6.09 Å². The lowest BCUT2D eigenvalue weighted by Gasteiger charge is -2.44. The normalized spacial score (nSPS) is 20.3. The molecule has 5 N–H and O–H groups in total. The third-order valence-electron chi connectivity index (χ3n) is 4.59. The van der Waals surface area contributed by atoms with E-state index in [4.69, 9.17) is 11.5 Å². The summed E-state index contributed by atoms with van der Waals surface area (Å²) in [5.41, 5.74) is 13.2. The van der Waals surface area contributed by atoms with Gasteiger partial charge in [-0.3, -0.25) is 4.90 Å². The van der Waals surface area contributed by atoms with Crippen LogP contribution < -0.4 is 11.5 Å². The lowest BCUT2D eigenvalue weighted by Crippen LogP contribution is -2.58. The molecule has 3 rings (SSSR count). The molecule has 0 spiro atoms. The molecule has 1 heterocycles. The molecule has 144 valence electrons. The number of anilines is 1. The van der Waals surface area contributed by atoms with Gasteiger partial charge in [-0.15, -0.1) is 11.3 Å². The minimum Gasteiger partial charge on any atom is -0.465 e. The van der Waals surface area contributed by atoms with Crippen LogP contribution >= 0.6 is 11.3 Å². The van der Waals surface area contributed by atoms with E-state index in [-0.39, 0.29) is 17.6 Å². The number of aromatic nitrogens is 1. The molecule has 0 aliphatic heterocycles. The van der Waals surface area contributed by atoms with Crippen molar-refractivity contribution in [1.29, 1.82) is 0 Å². The monoisotopic (exact) mass is 378 g/mol. The lowest BCUT2D eigenvalue weighted by atomic mass is 9.87. The summed E-state index contributed by atoms with van der Waals surface area (Å²) in [6, 6.07) is 5.79. The zero-order valence-electron chi connectivity index (χ0n) is 16.0. The summed E-state index contributed by atoms with van der Waals surface area (Å²) >= 11 is 1.64. The van der Waals surface area contributed by atoms with Crippen molar-refractivity contribution in [2.75, 3.05) is 5.73 Å². The highest BCUT2D eigenvalue weighted by atomic mass is 32.1. The zero-order chi connectivity index (χ0) is 19.5. The van der Waals surface area contributed by atoms with E-state index in [1.807, 2.05) is 45.9 Å². The van der Waals surface area contributed by atoms with Gasteiger partial charge in [0.05, 0.1) is 27.0 Å². The highest BCUT2D eigenvalue weighted by molar-refractivity contribution is 7.19. The molecule has 6 nitrogen and oxygen atoms in total. The minimum absolute atomic E-state index is 0.00549. The second kappa shape index (κ2) is 8.22. The summed E-state index contributed by atoms with van der Waals surface area (Å²) in [5.74, 6) is 0. The number of hydrogen-bond donors (Lipinski definition) is 3. The Bertz CT molecular complexity index is 754. The van der Waals surface area contributed by atoms with Crippen LogP contribution in [-0.4, -0.2) is 38.7 Å². The van der Waals surface area contributed by atoms with E-state index in [1.54, 1.807) is 11.3 Å². The van der Waals surface area contributed by atoms with Gasteiger partial charge in [0.2, 0.25) is 0 Å². The molecule has 0 unspecified atom stereocenters. The summed E-state index contributed by atoms with van der Waals surface area (Å²) in [7, 11) is 0. The van der Waals surface area contributed by atoms with E-state index in [0.29, 0.717) is 0 Å². The van der Waals surface area contributed by atoms with Crippen molar-refractivity contribution < 1.29 is 9.90 Å². The third kappa shape index (κ3) is 4.86. The quantitative estimate of drug-likeness (QED) is 0.644. The second-order valence-electron chi connectivity index (χ2n) is 7.77. The molecule has 2 atom stereocenters. The fourth-order valence-electron chi connectivity index (χ4n) is 3.47. The standard InChI is InChI=1S/C11H22N2O2.C8H8N2S/c1-11(2,3)13(10(14)15)9-7-5-4-6-8(9)12;1-5-10-7-4-2-3-6(9)8(7)11-5/h8-9H,4-7,12H2,1-3H3,(H,14,15);2-4H,9H2,1H3/t8-,9+;/m1./s1. The molecule has 0 bridgehead atoms. The van der Waals surface area contributed by atoms with Crippen LogP contribution in [0.3, 0.4) is 0 Å². The van der Waals surface area contributed by atoms with Crippen LogP contribution in [0.1, 0.15) is 51.5 Å². The Labute approximate surface area is 159 Å². The fraction of sp³-hybridized carbons (Fsp3) is 0.579. The van der Waals surface area contributed by atoms with Gasteiger partial charge < -0.3 is 16.6 Å². The summed E-state index contributed by atoms with van der Waals surface area (Å²) < 4.78 is 1.10. The number of nitrogens with two attached hydrogens (primary N) is 2. The zero-order valence-corrected chi connectivity index (χ0v) is 16.8. The number of nitrogen functional groups attached to an aromatic ring is 1. The molecule has 1 aliphatic rings. The summed E-state index contributed by atoms with van der Waals surface area (Å²) in [5, 5.41) is 10.3. The number of aryl methyl sites for hydroxylation is 1. The first-order valence-corrected chi connectivity index (χ1v) is 9.82. The smallest absolute Gasteiger partial charge is 0.408 e. The van der Waals surface area contributed by atoms with Gasteiger partial charge in [-0.2, -0.15) is 0 Å². The maximum Gasteiger partial charge on any atom is 0.408 e. The van der Waals surface area contributed by atoms with Crippen molar-refractivity contribution in [3.05, 3.63) is 23.2 Å². The molecule has 1 saturated carbocycles. The molecule has 1 fully saturated rings. The highest BCUT2D eigenvalue weighted by Crippen LogP contribution is 2.28. The first-order valence-electron chi connectivity index (χ1n) is 9.00. The SMILES string of the molecule is CC(C)(C)N(C(=O)O)[C@H]1CCCC[C@H]1N.Cc1nc2cccc(N)c2s1. The van der Waals surface area contributed by atoms with Gasteiger partial charge in [0.25, 0.3) is 0 Å². The van der Waals surface area contributed by atoms with Crippen molar-refractivity contribution in [3.8, 4) is 0 Å². The number of fused-ring (bicyclic) bond motifs is 1. The summed E-state index contributed by atoms with van der Waals surface area (Å²) in [6.07, 6.45) is 3.17. The van der Waals surface area contributed by atoms with E-state index >= 15 is 0 Å². The first-order chi connectivity index (χ1) is 12.1.